The molecular weight excluding hydrogens is 200 g/mol. The highest BCUT2D eigenvalue weighted by Gasteiger charge is 2.43. The minimum Gasteiger partial charge on any atom is -0.350 e. The average molecular weight is 212 g/mol. The summed E-state index contributed by atoms with van der Waals surface area (Å²) in [5.74, 6) is -0.519. The monoisotopic (exact) mass is 212 g/mol. The van der Waals surface area contributed by atoms with E-state index in [9.17, 15) is 9.59 Å². The van der Waals surface area contributed by atoms with Gasteiger partial charge in [0, 0.05) is 19.4 Å². The van der Waals surface area contributed by atoms with Gasteiger partial charge in [-0.1, -0.05) is 6.92 Å². The van der Waals surface area contributed by atoms with Crippen molar-refractivity contribution in [3.05, 3.63) is 12.4 Å². The fourth-order valence-corrected chi connectivity index (χ4v) is 2.81. The van der Waals surface area contributed by atoms with Crippen molar-refractivity contribution in [3.8, 4) is 0 Å². The summed E-state index contributed by atoms with van der Waals surface area (Å²) in [5.41, 5.74) is -0.155. The Morgan fingerprint density at radius 1 is 1.43 bits per heavy atom. The van der Waals surface area contributed by atoms with E-state index in [0.717, 1.165) is 0 Å². The number of rotatable bonds is 1. The van der Waals surface area contributed by atoms with E-state index in [2.05, 4.69) is 0 Å². The van der Waals surface area contributed by atoms with E-state index in [1.165, 1.54) is 11.8 Å². The predicted molar refractivity (Wildman–Crippen MR) is 53.9 cm³/mol. The maximum atomic E-state index is 11.8. The van der Waals surface area contributed by atoms with Gasteiger partial charge in [0.25, 0.3) is 0 Å². The van der Waals surface area contributed by atoms with E-state index < -0.39 is 5.92 Å². The maximum Gasteiger partial charge on any atom is 0.240 e. The van der Waals surface area contributed by atoms with Crippen molar-refractivity contribution in [2.24, 2.45) is 5.92 Å². The van der Waals surface area contributed by atoms with Crippen LogP contribution in [0.4, 0.5) is 0 Å². The first-order valence-corrected chi connectivity index (χ1v) is 5.46. The van der Waals surface area contributed by atoms with Crippen molar-refractivity contribution in [1.82, 2.24) is 9.80 Å². The molecule has 2 unspecified atom stereocenters. The SMILES string of the molecule is CCC1C(=O)SC2N(C)C=CN2C1=O. The van der Waals surface area contributed by atoms with Crippen molar-refractivity contribution in [1.29, 1.82) is 0 Å². The first-order valence-electron chi connectivity index (χ1n) is 4.58. The smallest absolute Gasteiger partial charge is 0.240 e. The van der Waals surface area contributed by atoms with Crippen LogP contribution in [0.25, 0.3) is 0 Å². The molecule has 2 atom stereocenters. The summed E-state index contributed by atoms with van der Waals surface area (Å²) in [5, 5.41) is -0.00528. The first kappa shape index (κ1) is 9.58. The highest BCUT2D eigenvalue weighted by molar-refractivity contribution is 8.14. The minimum absolute atomic E-state index is 0.00528. The number of amides is 1. The Morgan fingerprint density at radius 3 is 2.79 bits per heavy atom. The lowest BCUT2D eigenvalue weighted by Gasteiger charge is -2.34. The molecule has 4 nitrogen and oxygen atoms in total. The van der Waals surface area contributed by atoms with Crippen LogP contribution >= 0.6 is 11.8 Å². The van der Waals surface area contributed by atoms with Crippen LogP contribution in [0, 0.1) is 5.92 Å². The average Bonchev–Trinajstić information content (AvgIpc) is 2.49. The van der Waals surface area contributed by atoms with Crippen molar-refractivity contribution < 1.29 is 9.59 Å². The summed E-state index contributed by atoms with van der Waals surface area (Å²) in [7, 11) is 1.86. The van der Waals surface area contributed by atoms with E-state index in [-0.39, 0.29) is 16.5 Å². The third-order valence-corrected chi connectivity index (χ3v) is 3.80. The van der Waals surface area contributed by atoms with Crippen LogP contribution in [-0.2, 0) is 9.59 Å². The molecule has 0 N–H and O–H groups in total. The van der Waals surface area contributed by atoms with Crippen molar-refractivity contribution >= 4 is 22.8 Å². The zero-order valence-electron chi connectivity index (χ0n) is 8.14. The van der Waals surface area contributed by atoms with E-state index in [4.69, 9.17) is 0 Å². The Hall–Kier alpha value is -0.970. The molecule has 0 saturated carbocycles. The fourth-order valence-electron chi connectivity index (χ4n) is 1.65. The second kappa shape index (κ2) is 3.31. The van der Waals surface area contributed by atoms with Crippen LogP contribution in [0.3, 0.4) is 0 Å². The number of carbonyl (C=O) groups excluding carboxylic acids is 2. The summed E-state index contributed by atoms with van der Waals surface area (Å²) in [6.07, 6.45) is 4.15. The van der Waals surface area contributed by atoms with E-state index in [0.29, 0.717) is 6.42 Å². The molecule has 76 valence electrons. The first-order chi connectivity index (χ1) is 6.65. The zero-order valence-corrected chi connectivity index (χ0v) is 8.95. The molecule has 0 aromatic rings. The molecular formula is C9H12N2O2S. The van der Waals surface area contributed by atoms with Crippen LogP contribution in [-0.4, -0.2) is 33.4 Å². The molecule has 0 aromatic carbocycles. The summed E-state index contributed by atoms with van der Waals surface area (Å²) < 4.78 is 0. The molecule has 2 aliphatic heterocycles. The second-order valence-corrected chi connectivity index (χ2v) is 4.49. The molecule has 1 saturated heterocycles. The third-order valence-electron chi connectivity index (χ3n) is 2.52. The van der Waals surface area contributed by atoms with Crippen LogP contribution in [0.2, 0.25) is 0 Å². The topological polar surface area (TPSA) is 40.6 Å². The van der Waals surface area contributed by atoms with Gasteiger partial charge >= 0.3 is 0 Å². The predicted octanol–water partition coefficient (Wildman–Crippen LogP) is 0.815. The molecule has 1 amide bonds. The number of nitrogens with zero attached hydrogens (tertiary/aromatic N) is 2. The van der Waals surface area contributed by atoms with Gasteiger partial charge in [-0.2, -0.15) is 0 Å². The van der Waals surface area contributed by atoms with Crippen LogP contribution in [0.15, 0.2) is 12.4 Å². The number of thioether (sulfide) groups is 1. The van der Waals surface area contributed by atoms with E-state index >= 15 is 0 Å². The van der Waals surface area contributed by atoms with Gasteiger partial charge in [0.1, 0.15) is 5.92 Å². The summed E-state index contributed by atoms with van der Waals surface area (Å²) in [4.78, 5) is 26.9. The molecule has 14 heavy (non-hydrogen) atoms. The Kier molecular flexibility index (Phi) is 2.26. The van der Waals surface area contributed by atoms with E-state index in [1.807, 2.05) is 25.1 Å². The maximum absolute atomic E-state index is 11.8. The van der Waals surface area contributed by atoms with Crippen LogP contribution in [0.1, 0.15) is 13.3 Å². The standard InChI is InChI=1S/C9H12N2O2S/c1-3-6-7(12)11-5-4-10(2)9(11)14-8(6)13/h4-6,9H,3H2,1-2H3. The van der Waals surface area contributed by atoms with Gasteiger partial charge in [0.2, 0.25) is 11.0 Å². The van der Waals surface area contributed by atoms with Gasteiger partial charge in [-0.3, -0.25) is 14.5 Å². The number of carbonyl (C=O) groups is 2. The molecule has 2 aliphatic rings. The minimum atomic E-state index is -0.451. The molecule has 0 spiro atoms. The Balaban J connectivity index is 2.25. The van der Waals surface area contributed by atoms with Gasteiger partial charge in [0.15, 0.2) is 5.50 Å². The van der Waals surface area contributed by atoms with Gasteiger partial charge < -0.3 is 4.90 Å². The highest BCUT2D eigenvalue weighted by Crippen LogP contribution is 2.35. The lowest BCUT2D eigenvalue weighted by Crippen LogP contribution is -2.48. The summed E-state index contributed by atoms with van der Waals surface area (Å²) >= 11 is 1.23. The Bertz CT molecular complexity index is 316. The zero-order chi connectivity index (χ0) is 10.3. The van der Waals surface area contributed by atoms with Crippen LogP contribution in [0.5, 0.6) is 0 Å². The second-order valence-electron chi connectivity index (χ2n) is 3.43. The molecule has 5 heteroatoms. The quantitative estimate of drug-likeness (QED) is 0.603. The lowest BCUT2D eigenvalue weighted by molar-refractivity contribution is -0.139. The van der Waals surface area contributed by atoms with Gasteiger partial charge in [-0.25, -0.2) is 0 Å². The van der Waals surface area contributed by atoms with Gasteiger partial charge in [0.05, 0.1) is 0 Å². The molecule has 0 radical (unpaired) electrons. The summed E-state index contributed by atoms with van der Waals surface area (Å²) in [6, 6.07) is 0. The molecule has 2 heterocycles. The van der Waals surface area contributed by atoms with Crippen molar-refractivity contribution in [2.75, 3.05) is 7.05 Å². The molecule has 0 aromatic heterocycles. The largest absolute Gasteiger partial charge is 0.350 e. The lowest BCUT2D eigenvalue weighted by atomic mass is 10.1. The van der Waals surface area contributed by atoms with Crippen LogP contribution < -0.4 is 0 Å². The highest BCUT2D eigenvalue weighted by atomic mass is 32.2. The fraction of sp³-hybridized carbons (Fsp3) is 0.556. The molecule has 0 bridgehead atoms. The molecule has 2 rings (SSSR count). The van der Waals surface area contributed by atoms with E-state index in [1.54, 1.807) is 11.1 Å². The normalized spacial score (nSPS) is 31.3. The van der Waals surface area contributed by atoms with Gasteiger partial charge in [-0.15, -0.1) is 0 Å². The Morgan fingerprint density at radius 2 is 2.14 bits per heavy atom. The third kappa shape index (κ3) is 1.23. The summed E-state index contributed by atoms with van der Waals surface area (Å²) in [6.45, 7) is 1.87. The number of fused-ring (bicyclic) bond motifs is 1. The van der Waals surface area contributed by atoms with Crippen molar-refractivity contribution in [3.63, 3.8) is 0 Å². The molecule has 0 aliphatic carbocycles. The number of hydrogen-bond acceptors (Lipinski definition) is 4. The van der Waals surface area contributed by atoms with Gasteiger partial charge in [-0.05, 0) is 18.2 Å². The number of hydrogen-bond donors (Lipinski definition) is 0. The van der Waals surface area contributed by atoms with Crippen molar-refractivity contribution in [2.45, 2.75) is 18.8 Å². The molecule has 1 fully saturated rings. The Labute approximate surface area is 86.9 Å².